The predicted molar refractivity (Wildman–Crippen MR) is 100 cm³/mol. The van der Waals surface area contributed by atoms with Gasteiger partial charge in [0.25, 0.3) is 5.56 Å². The number of likely N-dealkylation sites (N-methyl/N-ethyl adjacent to an activating group) is 1. The molecule has 4 rings (SSSR count). The number of aromatic nitrogens is 2. The van der Waals surface area contributed by atoms with E-state index in [1.165, 1.54) is 0 Å². The average Bonchev–Trinajstić information content (AvgIpc) is 3.22. The lowest BCUT2D eigenvalue weighted by molar-refractivity contribution is -0.143. The van der Waals surface area contributed by atoms with Gasteiger partial charge in [-0.15, -0.1) is 0 Å². The van der Waals surface area contributed by atoms with Crippen molar-refractivity contribution in [2.45, 2.75) is 45.6 Å². The monoisotopic (exact) mass is 359 g/mol. The molecule has 0 radical (unpaired) electrons. The van der Waals surface area contributed by atoms with Crippen LogP contribution in [0.5, 0.6) is 0 Å². The second kappa shape index (κ2) is 6.37. The molecule has 3 aliphatic heterocycles. The maximum Gasteiger partial charge on any atom is 0.255 e. The Kier molecular flexibility index (Phi) is 4.29. The number of hydrogen-bond donors (Lipinski definition) is 1. The largest absolute Gasteiger partial charge is 0.354 e. The van der Waals surface area contributed by atoms with Crippen LogP contribution < -0.4 is 10.5 Å². The molecule has 1 aromatic rings. The highest BCUT2D eigenvalue weighted by molar-refractivity contribution is 5.83. The lowest BCUT2D eigenvalue weighted by Gasteiger charge is -2.38. The van der Waals surface area contributed by atoms with Gasteiger partial charge in [0.1, 0.15) is 11.6 Å². The van der Waals surface area contributed by atoms with Gasteiger partial charge in [0.2, 0.25) is 5.91 Å². The molecule has 1 N–H and O–H groups in total. The molecule has 4 heterocycles. The quantitative estimate of drug-likeness (QED) is 0.868. The number of piperidine rings is 1. The molecule has 7 nitrogen and oxygen atoms in total. The standard InChI is InChI=1S/C19H29N5O2/c1-13-16(20-14(2)21-17(13)25)24-9-5-15(11-24)22(3)18(26)19-6-4-8-23(12-19)10-7-19/h15H,4-12H2,1-3H3,(H,20,21,25). The Balaban J connectivity index is 1.49. The van der Waals surface area contributed by atoms with Crippen LogP contribution >= 0.6 is 0 Å². The highest BCUT2D eigenvalue weighted by atomic mass is 16.2. The van der Waals surface area contributed by atoms with Crippen molar-refractivity contribution >= 4 is 11.7 Å². The number of nitrogens with zero attached hydrogens (tertiary/aromatic N) is 4. The van der Waals surface area contributed by atoms with Crippen LogP contribution in [0.1, 0.15) is 37.1 Å². The minimum atomic E-state index is -0.158. The zero-order valence-electron chi connectivity index (χ0n) is 16.0. The summed E-state index contributed by atoms with van der Waals surface area (Å²) < 4.78 is 0. The summed E-state index contributed by atoms with van der Waals surface area (Å²) in [5.41, 5.74) is 0.421. The van der Waals surface area contributed by atoms with Crippen LogP contribution in [0, 0.1) is 19.3 Å². The Morgan fingerprint density at radius 3 is 2.88 bits per heavy atom. The van der Waals surface area contributed by atoms with Crippen molar-refractivity contribution in [2.75, 3.05) is 44.7 Å². The molecular weight excluding hydrogens is 330 g/mol. The van der Waals surface area contributed by atoms with Gasteiger partial charge in [-0.1, -0.05) is 0 Å². The molecule has 0 saturated carbocycles. The zero-order chi connectivity index (χ0) is 18.5. The Morgan fingerprint density at radius 1 is 1.27 bits per heavy atom. The lowest BCUT2D eigenvalue weighted by Crippen LogP contribution is -2.50. The summed E-state index contributed by atoms with van der Waals surface area (Å²) in [5, 5.41) is 0. The van der Waals surface area contributed by atoms with Crippen molar-refractivity contribution in [3.8, 4) is 0 Å². The van der Waals surface area contributed by atoms with E-state index < -0.39 is 0 Å². The number of fused-ring (bicyclic) bond motifs is 2. The van der Waals surface area contributed by atoms with Crippen LogP contribution in [0.4, 0.5) is 5.82 Å². The molecule has 26 heavy (non-hydrogen) atoms. The van der Waals surface area contributed by atoms with Gasteiger partial charge < -0.3 is 19.7 Å². The molecule has 3 aliphatic rings. The van der Waals surface area contributed by atoms with E-state index in [-0.39, 0.29) is 17.0 Å². The first-order chi connectivity index (χ1) is 12.4. The number of anilines is 1. The van der Waals surface area contributed by atoms with E-state index in [2.05, 4.69) is 19.8 Å². The second-order valence-corrected chi connectivity index (χ2v) is 8.31. The summed E-state index contributed by atoms with van der Waals surface area (Å²) in [5.74, 6) is 1.71. The number of carbonyl (C=O) groups excluding carboxylic acids is 1. The van der Waals surface area contributed by atoms with Gasteiger partial charge in [-0.2, -0.15) is 0 Å². The molecule has 1 amide bonds. The van der Waals surface area contributed by atoms with Gasteiger partial charge in [-0.25, -0.2) is 4.98 Å². The number of amides is 1. The van der Waals surface area contributed by atoms with Crippen molar-refractivity contribution in [1.82, 2.24) is 19.8 Å². The SMILES string of the molecule is Cc1nc(N2CCC(N(C)C(=O)C34CCCN(CC3)C4)C2)c(C)c(=O)[nH]1. The first-order valence-electron chi connectivity index (χ1n) is 9.72. The third-order valence-corrected chi connectivity index (χ3v) is 6.59. The minimum absolute atomic E-state index is 0.0764. The summed E-state index contributed by atoms with van der Waals surface area (Å²) in [6.07, 6.45) is 4.08. The maximum absolute atomic E-state index is 13.3. The fourth-order valence-electron chi connectivity index (χ4n) is 5.00. The summed E-state index contributed by atoms with van der Waals surface area (Å²) in [7, 11) is 1.96. The Hall–Kier alpha value is -1.89. The fraction of sp³-hybridized carbons (Fsp3) is 0.737. The van der Waals surface area contributed by atoms with E-state index >= 15 is 0 Å². The smallest absolute Gasteiger partial charge is 0.255 e. The number of H-pyrrole nitrogens is 1. The highest BCUT2D eigenvalue weighted by Crippen LogP contribution is 2.41. The summed E-state index contributed by atoms with van der Waals surface area (Å²) in [4.78, 5) is 39.2. The molecule has 3 atom stereocenters. The van der Waals surface area contributed by atoms with E-state index in [0.717, 1.165) is 64.2 Å². The Morgan fingerprint density at radius 2 is 2.08 bits per heavy atom. The number of aromatic amines is 1. The van der Waals surface area contributed by atoms with E-state index in [4.69, 9.17) is 0 Å². The molecule has 3 fully saturated rings. The first kappa shape index (κ1) is 17.5. The Bertz CT molecular complexity index is 772. The van der Waals surface area contributed by atoms with Crippen LogP contribution in [0.15, 0.2) is 4.79 Å². The fourth-order valence-corrected chi connectivity index (χ4v) is 5.00. The minimum Gasteiger partial charge on any atom is -0.354 e. The average molecular weight is 359 g/mol. The predicted octanol–water partition coefficient (Wildman–Crippen LogP) is 0.910. The van der Waals surface area contributed by atoms with E-state index in [0.29, 0.717) is 17.3 Å². The number of aryl methyl sites for hydroxylation is 1. The number of hydrogen-bond acceptors (Lipinski definition) is 5. The van der Waals surface area contributed by atoms with Crippen LogP contribution in [-0.2, 0) is 4.79 Å². The molecule has 142 valence electrons. The van der Waals surface area contributed by atoms with Gasteiger partial charge in [0.05, 0.1) is 17.0 Å². The van der Waals surface area contributed by atoms with Gasteiger partial charge in [-0.05, 0) is 52.6 Å². The van der Waals surface area contributed by atoms with Crippen LogP contribution in [0.3, 0.4) is 0 Å². The van der Waals surface area contributed by atoms with Crippen LogP contribution in [0.2, 0.25) is 0 Å². The topological polar surface area (TPSA) is 72.5 Å². The van der Waals surface area contributed by atoms with Gasteiger partial charge in [-0.3, -0.25) is 9.59 Å². The van der Waals surface area contributed by atoms with E-state index in [9.17, 15) is 9.59 Å². The molecule has 0 aromatic carbocycles. The zero-order valence-corrected chi connectivity index (χ0v) is 16.0. The highest BCUT2D eigenvalue weighted by Gasteiger charge is 2.49. The Labute approximate surface area is 154 Å². The molecule has 7 heteroatoms. The second-order valence-electron chi connectivity index (χ2n) is 8.31. The van der Waals surface area contributed by atoms with Crippen LogP contribution in [-0.4, -0.2) is 71.5 Å². The molecule has 3 saturated heterocycles. The van der Waals surface area contributed by atoms with Crippen molar-refractivity contribution in [2.24, 2.45) is 5.41 Å². The third kappa shape index (κ3) is 2.82. The molecule has 2 bridgehead atoms. The van der Waals surface area contributed by atoms with Gasteiger partial charge in [0, 0.05) is 26.7 Å². The summed E-state index contributed by atoms with van der Waals surface area (Å²) in [6, 6.07) is 0.189. The third-order valence-electron chi connectivity index (χ3n) is 6.59. The van der Waals surface area contributed by atoms with Crippen molar-refractivity contribution in [3.63, 3.8) is 0 Å². The number of rotatable bonds is 3. The summed E-state index contributed by atoms with van der Waals surface area (Å²) in [6.45, 7) is 8.34. The van der Waals surface area contributed by atoms with Crippen molar-refractivity contribution in [1.29, 1.82) is 0 Å². The van der Waals surface area contributed by atoms with Gasteiger partial charge >= 0.3 is 0 Å². The number of nitrogens with one attached hydrogen (secondary N) is 1. The van der Waals surface area contributed by atoms with Crippen molar-refractivity contribution in [3.05, 3.63) is 21.7 Å². The van der Waals surface area contributed by atoms with Crippen LogP contribution in [0.25, 0.3) is 0 Å². The molecule has 0 spiro atoms. The molecular formula is C19H29N5O2. The number of carbonyl (C=O) groups is 1. The van der Waals surface area contributed by atoms with E-state index in [1.54, 1.807) is 0 Å². The van der Waals surface area contributed by atoms with Gasteiger partial charge in [0.15, 0.2) is 0 Å². The molecule has 3 unspecified atom stereocenters. The van der Waals surface area contributed by atoms with Crippen molar-refractivity contribution < 1.29 is 4.79 Å². The summed E-state index contributed by atoms with van der Waals surface area (Å²) >= 11 is 0. The normalized spacial score (nSPS) is 30.7. The van der Waals surface area contributed by atoms with E-state index in [1.807, 2.05) is 25.8 Å². The maximum atomic E-state index is 13.3. The lowest BCUT2D eigenvalue weighted by atomic mass is 9.79. The first-order valence-corrected chi connectivity index (χ1v) is 9.72. The molecule has 1 aromatic heterocycles. The molecule has 0 aliphatic carbocycles.